The fourth-order valence-electron chi connectivity index (χ4n) is 2.81. The van der Waals surface area contributed by atoms with Crippen LogP contribution in [0.2, 0.25) is 0 Å². The average molecular weight is 303 g/mol. The summed E-state index contributed by atoms with van der Waals surface area (Å²) in [4.78, 5) is 23.3. The molecule has 0 spiro atoms. The third-order valence-corrected chi connectivity index (χ3v) is 3.97. The van der Waals surface area contributed by atoms with Gasteiger partial charge in [0.15, 0.2) is 11.5 Å². The van der Waals surface area contributed by atoms with E-state index >= 15 is 0 Å². The second kappa shape index (κ2) is 5.67. The number of carboxylic acid groups (broad SMARTS) is 1. The summed E-state index contributed by atoms with van der Waals surface area (Å²) in [6, 6.07) is 4.88. The molecule has 1 fully saturated rings. The lowest BCUT2D eigenvalue weighted by Crippen LogP contribution is -2.40. The fourth-order valence-corrected chi connectivity index (χ4v) is 2.81. The molecule has 0 unspecified atom stereocenters. The summed E-state index contributed by atoms with van der Waals surface area (Å²) < 4.78 is 5.46. The van der Waals surface area contributed by atoms with E-state index in [9.17, 15) is 9.59 Å². The van der Waals surface area contributed by atoms with Crippen molar-refractivity contribution in [1.82, 2.24) is 15.5 Å². The highest BCUT2D eigenvalue weighted by atomic mass is 16.4. The van der Waals surface area contributed by atoms with Crippen LogP contribution in [0.1, 0.15) is 35.5 Å². The number of aliphatic carboxylic acids is 1. The molecule has 0 bridgehead atoms. The average Bonchev–Trinajstić information content (AvgIpc) is 3.16. The summed E-state index contributed by atoms with van der Waals surface area (Å²) in [5, 5.41) is 18.6. The van der Waals surface area contributed by atoms with Gasteiger partial charge in [0.1, 0.15) is 11.5 Å². The Bertz CT molecular complexity index is 703. The van der Waals surface area contributed by atoms with Crippen LogP contribution < -0.4 is 5.32 Å². The van der Waals surface area contributed by atoms with Crippen LogP contribution >= 0.6 is 0 Å². The van der Waals surface area contributed by atoms with Gasteiger partial charge in [-0.25, -0.2) is 0 Å². The van der Waals surface area contributed by atoms with Gasteiger partial charge in [-0.15, -0.1) is 0 Å². The van der Waals surface area contributed by atoms with Gasteiger partial charge in [-0.1, -0.05) is 6.42 Å². The third kappa shape index (κ3) is 2.74. The summed E-state index contributed by atoms with van der Waals surface area (Å²) in [5.74, 6) is -0.380. The maximum atomic E-state index is 12.2. The largest absolute Gasteiger partial charge is 0.481 e. The number of furan rings is 1. The zero-order valence-electron chi connectivity index (χ0n) is 12.1. The van der Waals surface area contributed by atoms with Crippen LogP contribution in [-0.4, -0.2) is 33.2 Å². The van der Waals surface area contributed by atoms with E-state index in [2.05, 4.69) is 15.5 Å². The minimum atomic E-state index is -0.864. The van der Waals surface area contributed by atoms with Gasteiger partial charge in [0.25, 0.3) is 5.91 Å². The molecule has 2 aromatic heterocycles. The fraction of sp³-hybridized carbons (Fsp3) is 0.400. The monoisotopic (exact) mass is 303 g/mol. The number of amides is 1. The first kappa shape index (κ1) is 14.4. The summed E-state index contributed by atoms with van der Waals surface area (Å²) in [6.07, 6.45) is 2.08. The molecule has 0 aliphatic heterocycles. The number of aromatic amines is 1. The van der Waals surface area contributed by atoms with Crippen molar-refractivity contribution in [2.24, 2.45) is 5.92 Å². The topological polar surface area (TPSA) is 108 Å². The summed E-state index contributed by atoms with van der Waals surface area (Å²) in [7, 11) is 0. The van der Waals surface area contributed by atoms with Gasteiger partial charge in [-0.2, -0.15) is 5.10 Å². The Balaban J connectivity index is 1.71. The van der Waals surface area contributed by atoms with E-state index in [1.165, 1.54) is 0 Å². The Morgan fingerprint density at radius 1 is 1.41 bits per heavy atom. The van der Waals surface area contributed by atoms with E-state index in [1.54, 1.807) is 12.1 Å². The first-order valence-corrected chi connectivity index (χ1v) is 7.20. The predicted octanol–water partition coefficient (Wildman–Crippen LogP) is 1.96. The molecule has 116 valence electrons. The zero-order valence-corrected chi connectivity index (χ0v) is 12.1. The van der Waals surface area contributed by atoms with E-state index in [-0.39, 0.29) is 17.6 Å². The number of carboxylic acids is 1. The molecule has 7 heteroatoms. The number of H-pyrrole nitrogens is 1. The SMILES string of the molecule is Cc1ccc(-c2cc(C(=O)N[C@@H]3CCC[C@@H]3C(=O)O)n[nH]2)o1. The molecule has 1 saturated carbocycles. The van der Waals surface area contributed by atoms with Crippen LogP contribution in [0.4, 0.5) is 0 Å². The molecule has 22 heavy (non-hydrogen) atoms. The maximum absolute atomic E-state index is 12.2. The lowest BCUT2D eigenvalue weighted by atomic mass is 10.0. The molecule has 0 aromatic carbocycles. The van der Waals surface area contributed by atoms with E-state index in [0.717, 1.165) is 12.2 Å². The summed E-state index contributed by atoms with van der Waals surface area (Å²) in [6.45, 7) is 1.83. The first-order valence-electron chi connectivity index (χ1n) is 7.20. The van der Waals surface area contributed by atoms with Crippen LogP contribution in [0, 0.1) is 12.8 Å². The minimum Gasteiger partial charge on any atom is -0.481 e. The van der Waals surface area contributed by atoms with Crippen molar-refractivity contribution in [1.29, 1.82) is 0 Å². The van der Waals surface area contributed by atoms with Crippen LogP contribution in [-0.2, 0) is 4.79 Å². The lowest BCUT2D eigenvalue weighted by molar-refractivity contribution is -0.142. The standard InChI is InChI=1S/C15H17N3O4/c1-8-5-6-13(22-8)11-7-12(18-17-11)14(19)16-10-4-2-3-9(10)15(20)21/h5-7,9-10H,2-4H2,1H3,(H,16,19)(H,17,18)(H,20,21)/t9-,10+/m0/s1. The molecule has 1 amide bonds. The Labute approximate surface area is 126 Å². The predicted molar refractivity (Wildman–Crippen MR) is 77.3 cm³/mol. The highest BCUT2D eigenvalue weighted by molar-refractivity contribution is 5.93. The quantitative estimate of drug-likeness (QED) is 0.800. The van der Waals surface area contributed by atoms with Gasteiger partial charge in [0.05, 0.1) is 5.92 Å². The number of nitrogens with zero attached hydrogens (tertiary/aromatic N) is 1. The van der Waals surface area contributed by atoms with Crippen molar-refractivity contribution in [3.05, 3.63) is 29.7 Å². The van der Waals surface area contributed by atoms with Gasteiger partial charge in [-0.05, 0) is 31.9 Å². The lowest BCUT2D eigenvalue weighted by Gasteiger charge is -2.16. The third-order valence-electron chi connectivity index (χ3n) is 3.97. The summed E-state index contributed by atoms with van der Waals surface area (Å²) in [5.41, 5.74) is 0.833. The van der Waals surface area contributed by atoms with E-state index < -0.39 is 11.9 Å². The molecular weight excluding hydrogens is 286 g/mol. The number of aryl methyl sites for hydroxylation is 1. The molecule has 0 radical (unpaired) electrons. The molecule has 7 nitrogen and oxygen atoms in total. The van der Waals surface area contributed by atoms with Crippen LogP contribution in [0.15, 0.2) is 22.6 Å². The van der Waals surface area contributed by atoms with E-state index in [1.807, 2.05) is 13.0 Å². The Hall–Kier alpha value is -2.57. The van der Waals surface area contributed by atoms with Crippen LogP contribution in [0.25, 0.3) is 11.5 Å². The second-order valence-corrected chi connectivity index (χ2v) is 5.53. The normalized spacial score (nSPS) is 21.0. The summed E-state index contributed by atoms with van der Waals surface area (Å²) >= 11 is 0. The zero-order chi connectivity index (χ0) is 15.7. The van der Waals surface area contributed by atoms with Crippen molar-refractivity contribution >= 4 is 11.9 Å². The number of rotatable bonds is 4. The Morgan fingerprint density at radius 3 is 2.91 bits per heavy atom. The molecule has 2 heterocycles. The minimum absolute atomic E-state index is 0.222. The van der Waals surface area contributed by atoms with Crippen molar-refractivity contribution in [3.63, 3.8) is 0 Å². The Kier molecular flexibility index (Phi) is 3.70. The molecule has 3 N–H and O–H groups in total. The van der Waals surface area contributed by atoms with Crippen molar-refractivity contribution in [2.45, 2.75) is 32.2 Å². The van der Waals surface area contributed by atoms with Gasteiger partial charge in [0, 0.05) is 12.1 Å². The maximum Gasteiger partial charge on any atom is 0.308 e. The molecule has 1 aliphatic carbocycles. The number of nitrogens with one attached hydrogen (secondary N) is 2. The van der Waals surface area contributed by atoms with E-state index in [0.29, 0.717) is 24.3 Å². The number of carbonyl (C=O) groups excluding carboxylic acids is 1. The van der Waals surface area contributed by atoms with Crippen molar-refractivity contribution in [3.8, 4) is 11.5 Å². The van der Waals surface area contributed by atoms with Crippen LogP contribution in [0.3, 0.4) is 0 Å². The molecule has 2 atom stereocenters. The molecule has 2 aromatic rings. The number of carbonyl (C=O) groups is 2. The first-order chi connectivity index (χ1) is 10.5. The van der Waals surface area contributed by atoms with Gasteiger partial charge < -0.3 is 14.8 Å². The van der Waals surface area contributed by atoms with E-state index in [4.69, 9.17) is 9.52 Å². The van der Waals surface area contributed by atoms with Crippen molar-refractivity contribution < 1.29 is 19.1 Å². The molecule has 3 rings (SSSR count). The van der Waals surface area contributed by atoms with Gasteiger partial charge >= 0.3 is 5.97 Å². The van der Waals surface area contributed by atoms with Gasteiger partial charge in [-0.3, -0.25) is 14.7 Å². The molecule has 1 aliphatic rings. The smallest absolute Gasteiger partial charge is 0.308 e. The number of aromatic nitrogens is 2. The molecule has 0 saturated heterocycles. The highest BCUT2D eigenvalue weighted by Gasteiger charge is 2.34. The van der Waals surface area contributed by atoms with Gasteiger partial charge in [0.2, 0.25) is 0 Å². The second-order valence-electron chi connectivity index (χ2n) is 5.53. The number of hydrogen-bond acceptors (Lipinski definition) is 4. The number of hydrogen-bond donors (Lipinski definition) is 3. The highest BCUT2D eigenvalue weighted by Crippen LogP contribution is 2.26. The van der Waals surface area contributed by atoms with Crippen LogP contribution in [0.5, 0.6) is 0 Å². The van der Waals surface area contributed by atoms with Crippen molar-refractivity contribution in [2.75, 3.05) is 0 Å². The molecular formula is C15H17N3O4. The Morgan fingerprint density at radius 2 is 2.23 bits per heavy atom.